The summed E-state index contributed by atoms with van der Waals surface area (Å²) in [7, 11) is 0. The van der Waals surface area contributed by atoms with Gasteiger partial charge in [-0.15, -0.1) is 0 Å². The van der Waals surface area contributed by atoms with Crippen molar-refractivity contribution >= 4 is 22.4 Å². The van der Waals surface area contributed by atoms with Gasteiger partial charge in [0.25, 0.3) is 0 Å². The van der Waals surface area contributed by atoms with Crippen molar-refractivity contribution < 1.29 is 9.90 Å². The quantitative estimate of drug-likeness (QED) is 0.867. The molecule has 0 saturated heterocycles. The van der Waals surface area contributed by atoms with Gasteiger partial charge < -0.3 is 10.4 Å². The first-order chi connectivity index (χ1) is 7.63. The normalized spacial score (nSPS) is 12.5. The van der Waals surface area contributed by atoms with Crippen molar-refractivity contribution in [2.24, 2.45) is 10.8 Å². The molecular formula is C12H20N2O2S. The number of hydrogen-bond donors (Lipinski definition) is 2. The molecule has 17 heavy (non-hydrogen) atoms. The highest BCUT2D eigenvalue weighted by molar-refractivity contribution is 7.17. The minimum Gasteiger partial charge on any atom is -0.477 e. The third kappa shape index (κ3) is 3.43. The van der Waals surface area contributed by atoms with Crippen molar-refractivity contribution in [2.75, 3.05) is 11.9 Å². The zero-order chi connectivity index (χ0) is 13.3. The summed E-state index contributed by atoms with van der Waals surface area (Å²) in [6, 6.07) is 0. The van der Waals surface area contributed by atoms with Crippen LogP contribution in [0.3, 0.4) is 0 Å². The summed E-state index contributed by atoms with van der Waals surface area (Å²) >= 11 is 1.17. The Morgan fingerprint density at radius 2 is 2.00 bits per heavy atom. The average molecular weight is 256 g/mol. The molecular weight excluding hydrogens is 236 g/mol. The first-order valence-electron chi connectivity index (χ1n) is 5.56. The minimum absolute atomic E-state index is 0.0993. The lowest BCUT2D eigenvalue weighted by Crippen LogP contribution is -2.36. The van der Waals surface area contributed by atoms with Gasteiger partial charge in [-0.25, -0.2) is 9.78 Å². The molecule has 0 saturated carbocycles. The Hall–Kier alpha value is -1.10. The molecule has 2 N–H and O–H groups in total. The smallest absolute Gasteiger partial charge is 0.347 e. The molecule has 1 aromatic rings. The van der Waals surface area contributed by atoms with Gasteiger partial charge in [0.2, 0.25) is 0 Å². The molecule has 4 nitrogen and oxygen atoms in total. The van der Waals surface area contributed by atoms with Gasteiger partial charge >= 0.3 is 5.97 Å². The third-order valence-corrected chi connectivity index (χ3v) is 4.37. The zero-order valence-electron chi connectivity index (χ0n) is 11.0. The van der Waals surface area contributed by atoms with E-state index in [9.17, 15) is 4.79 Å². The number of aromatic carboxylic acids is 1. The summed E-state index contributed by atoms with van der Waals surface area (Å²) in [5.74, 6) is -0.925. The predicted molar refractivity (Wildman–Crippen MR) is 70.8 cm³/mol. The van der Waals surface area contributed by atoms with Crippen molar-refractivity contribution in [3.8, 4) is 0 Å². The van der Waals surface area contributed by atoms with E-state index in [4.69, 9.17) is 5.11 Å². The summed E-state index contributed by atoms with van der Waals surface area (Å²) in [5.41, 5.74) is 0.273. The number of aromatic nitrogens is 1. The Kier molecular flexibility index (Phi) is 3.81. The lowest BCUT2D eigenvalue weighted by Gasteiger charge is -2.38. The summed E-state index contributed by atoms with van der Waals surface area (Å²) in [4.78, 5) is 15.0. The van der Waals surface area contributed by atoms with E-state index in [2.05, 4.69) is 44.9 Å². The molecule has 5 heteroatoms. The lowest BCUT2D eigenvalue weighted by atomic mass is 9.69. The van der Waals surface area contributed by atoms with Crippen LogP contribution >= 0.6 is 11.3 Å². The van der Waals surface area contributed by atoms with Crippen molar-refractivity contribution in [1.82, 2.24) is 4.98 Å². The molecule has 96 valence electrons. The van der Waals surface area contributed by atoms with Gasteiger partial charge in [0.05, 0.1) is 6.20 Å². The molecule has 1 rings (SSSR count). The van der Waals surface area contributed by atoms with Crippen LogP contribution in [0, 0.1) is 10.8 Å². The Bertz CT molecular complexity index is 405. The molecule has 0 aliphatic carbocycles. The molecule has 1 aromatic heterocycles. The van der Waals surface area contributed by atoms with Gasteiger partial charge in [0.15, 0.2) is 5.13 Å². The van der Waals surface area contributed by atoms with Crippen LogP contribution in [0.2, 0.25) is 0 Å². The van der Waals surface area contributed by atoms with Gasteiger partial charge in [-0.2, -0.15) is 0 Å². The standard InChI is InChI=1S/C12H20N2O2S/c1-11(2,3)12(4,5)7-14-10-13-6-8(17-10)9(15)16/h6H,7H2,1-5H3,(H,13,14)(H,15,16). The van der Waals surface area contributed by atoms with Crippen LogP contribution in [-0.2, 0) is 0 Å². The van der Waals surface area contributed by atoms with Crippen LogP contribution < -0.4 is 5.32 Å². The number of anilines is 1. The Morgan fingerprint density at radius 3 is 2.41 bits per heavy atom. The van der Waals surface area contributed by atoms with Crippen LogP contribution in [0.4, 0.5) is 5.13 Å². The van der Waals surface area contributed by atoms with Gasteiger partial charge in [0, 0.05) is 6.54 Å². The van der Waals surface area contributed by atoms with E-state index in [0.717, 1.165) is 6.54 Å². The topological polar surface area (TPSA) is 62.2 Å². The summed E-state index contributed by atoms with van der Waals surface area (Å²) in [6.07, 6.45) is 1.39. The summed E-state index contributed by atoms with van der Waals surface area (Å²) in [5, 5.41) is 12.7. The van der Waals surface area contributed by atoms with Crippen LogP contribution in [0.5, 0.6) is 0 Å². The number of nitrogens with one attached hydrogen (secondary N) is 1. The van der Waals surface area contributed by atoms with Crippen LogP contribution in [-0.4, -0.2) is 22.6 Å². The number of hydrogen-bond acceptors (Lipinski definition) is 4. The maximum Gasteiger partial charge on any atom is 0.347 e. The highest BCUT2D eigenvalue weighted by Gasteiger charge is 2.32. The maximum atomic E-state index is 10.7. The molecule has 0 radical (unpaired) electrons. The maximum absolute atomic E-state index is 10.7. The third-order valence-electron chi connectivity index (χ3n) is 3.43. The van der Waals surface area contributed by atoms with Crippen molar-refractivity contribution in [1.29, 1.82) is 0 Å². The van der Waals surface area contributed by atoms with Gasteiger partial charge in [-0.1, -0.05) is 46.0 Å². The molecule has 0 unspecified atom stereocenters. The molecule has 0 spiro atoms. The van der Waals surface area contributed by atoms with Gasteiger partial charge in [0.1, 0.15) is 4.88 Å². The predicted octanol–water partition coefficient (Wildman–Crippen LogP) is 3.33. The number of thiazole rings is 1. The monoisotopic (exact) mass is 256 g/mol. The number of carboxylic acid groups (broad SMARTS) is 1. The van der Waals surface area contributed by atoms with Crippen LogP contribution in [0.15, 0.2) is 6.20 Å². The fraction of sp³-hybridized carbons (Fsp3) is 0.667. The molecule has 0 aromatic carbocycles. The SMILES string of the molecule is CC(C)(C)C(C)(C)CNc1ncc(C(=O)O)s1. The first-order valence-corrected chi connectivity index (χ1v) is 6.38. The highest BCUT2D eigenvalue weighted by Crippen LogP contribution is 2.38. The Balaban J connectivity index is 2.64. The number of nitrogens with zero attached hydrogens (tertiary/aromatic N) is 1. The molecule has 0 aliphatic rings. The summed E-state index contributed by atoms with van der Waals surface area (Å²) < 4.78 is 0. The molecule has 0 atom stereocenters. The van der Waals surface area contributed by atoms with E-state index < -0.39 is 5.97 Å². The molecule has 0 amide bonds. The van der Waals surface area contributed by atoms with Crippen molar-refractivity contribution in [3.05, 3.63) is 11.1 Å². The Labute approximate surface area is 106 Å². The van der Waals surface area contributed by atoms with E-state index in [0.29, 0.717) is 5.13 Å². The van der Waals surface area contributed by atoms with E-state index in [1.807, 2.05) is 0 Å². The van der Waals surface area contributed by atoms with Gasteiger partial charge in [-0.3, -0.25) is 0 Å². The minimum atomic E-state index is -0.925. The molecule has 0 fully saturated rings. The molecule has 0 bridgehead atoms. The van der Waals surface area contributed by atoms with Crippen molar-refractivity contribution in [3.63, 3.8) is 0 Å². The number of rotatable bonds is 4. The molecule has 0 aliphatic heterocycles. The van der Waals surface area contributed by atoms with E-state index in [1.54, 1.807) is 0 Å². The number of carbonyl (C=O) groups is 1. The average Bonchev–Trinajstić information content (AvgIpc) is 2.61. The fourth-order valence-corrected chi connectivity index (χ4v) is 1.67. The van der Waals surface area contributed by atoms with Crippen LogP contribution in [0.25, 0.3) is 0 Å². The second-order valence-electron chi connectivity index (χ2n) is 5.82. The Morgan fingerprint density at radius 1 is 1.41 bits per heavy atom. The van der Waals surface area contributed by atoms with Gasteiger partial charge in [-0.05, 0) is 10.8 Å². The fourth-order valence-electron chi connectivity index (χ4n) is 1.02. The highest BCUT2D eigenvalue weighted by atomic mass is 32.1. The lowest BCUT2D eigenvalue weighted by molar-refractivity contribution is 0.0702. The van der Waals surface area contributed by atoms with E-state index >= 15 is 0 Å². The van der Waals surface area contributed by atoms with Crippen LogP contribution in [0.1, 0.15) is 44.3 Å². The van der Waals surface area contributed by atoms with Crippen molar-refractivity contribution in [2.45, 2.75) is 34.6 Å². The summed E-state index contributed by atoms with van der Waals surface area (Å²) in [6.45, 7) is 11.7. The second-order valence-corrected chi connectivity index (χ2v) is 6.85. The second kappa shape index (κ2) is 4.64. The zero-order valence-corrected chi connectivity index (χ0v) is 11.8. The first kappa shape index (κ1) is 14.0. The van der Waals surface area contributed by atoms with E-state index in [-0.39, 0.29) is 15.7 Å². The van der Waals surface area contributed by atoms with E-state index in [1.165, 1.54) is 17.5 Å². The number of carboxylic acids is 1. The molecule has 1 heterocycles. The largest absolute Gasteiger partial charge is 0.477 e.